The van der Waals surface area contributed by atoms with Gasteiger partial charge in [-0.05, 0) is 55.2 Å². The van der Waals surface area contributed by atoms with Crippen molar-refractivity contribution >= 4 is 33.0 Å². The smallest absolute Gasteiger partial charge is 0.255 e. The molecule has 3 unspecified atom stereocenters. The molecule has 0 heterocycles. The SMILES string of the molecule is C[C@H]1CC2CC(S(=O)(=O)c3cc(C(=O)Nc4cc(F)c(F)c(F)c4)ccc3Cl)CC1[C@]2(O)CO. The van der Waals surface area contributed by atoms with E-state index in [4.69, 9.17) is 11.6 Å². The van der Waals surface area contributed by atoms with Crippen LogP contribution in [0.15, 0.2) is 35.2 Å². The highest BCUT2D eigenvalue weighted by molar-refractivity contribution is 7.92. The van der Waals surface area contributed by atoms with E-state index in [0.29, 0.717) is 18.6 Å². The molecule has 2 fully saturated rings. The van der Waals surface area contributed by atoms with E-state index in [0.717, 1.165) is 6.07 Å². The van der Waals surface area contributed by atoms with Gasteiger partial charge in [-0.25, -0.2) is 21.6 Å². The second-order valence-corrected chi connectivity index (χ2v) is 11.8. The Kier molecular flexibility index (Phi) is 6.48. The number of hydrogen-bond acceptors (Lipinski definition) is 5. The van der Waals surface area contributed by atoms with Crippen LogP contribution in [0.1, 0.15) is 36.5 Å². The number of fused-ring (bicyclic) bond motifs is 2. The summed E-state index contributed by atoms with van der Waals surface area (Å²) >= 11 is 6.18. The normalized spacial score (nSPS) is 28.7. The van der Waals surface area contributed by atoms with Gasteiger partial charge in [-0.2, -0.15) is 0 Å². The fraction of sp³-hybridized carbons (Fsp3) is 0.435. The molecule has 5 atom stereocenters. The molecule has 0 radical (unpaired) electrons. The van der Waals surface area contributed by atoms with Crippen LogP contribution in [0, 0.1) is 35.2 Å². The number of aliphatic hydroxyl groups excluding tert-OH is 1. The molecule has 11 heteroatoms. The van der Waals surface area contributed by atoms with Crippen LogP contribution in [0.5, 0.6) is 0 Å². The molecular formula is C23H23ClF3NO5S. The zero-order chi connectivity index (χ0) is 25.0. The number of halogens is 4. The summed E-state index contributed by atoms with van der Waals surface area (Å²) < 4.78 is 67.0. The molecule has 2 aliphatic carbocycles. The maximum absolute atomic E-state index is 13.5. The van der Waals surface area contributed by atoms with Gasteiger partial charge in [0, 0.05) is 23.4 Å². The number of carbonyl (C=O) groups is 1. The monoisotopic (exact) mass is 517 g/mol. The molecule has 3 N–H and O–H groups in total. The Morgan fingerprint density at radius 1 is 1.15 bits per heavy atom. The van der Waals surface area contributed by atoms with Crippen molar-refractivity contribution in [3.05, 3.63) is 58.4 Å². The van der Waals surface area contributed by atoms with E-state index < -0.39 is 56.6 Å². The maximum atomic E-state index is 13.5. The molecule has 184 valence electrons. The molecular weight excluding hydrogens is 495 g/mol. The standard InChI is InChI=1S/C23H23ClF3NO5S/c1-11-4-13-6-15(9-16(11)23(13,31)10-29)34(32,33)20-5-12(2-3-17(20)24)22(30)28-14-7-18(25)21(27)19(26)8-14/h2-3,5,7-8,11,13,15-16,29,31H,4,6,9-10H2,1H3,(H,28,30)/t11-,13?,15?,16?,23-/m0/s1. The van der Waals surface area contributed by atoms with Gasteiger partial charge in [-0.15, -0.1) is 0 Å². The third kappa shape index (κ3) is 4.10. The topological polar surface area (TPSA) is 104 Å². The van der Waals surface area contributed by atoms with Crippen LogP contribution in [-0.2, 0) is 9.84 Å². The van der Waals surface area contributed by atoms with Crippen LogP contribution in [0.3, 0.4) is 0 Å². The summed E-state index contributed by atoms with van der Waals surface area (Å²) in [5.74, 6) is -6.28. The van der Waals surface area contributed by atoms with Crippen LogP contribution in [0.25, 0.3) is 0 Å². The molecule has 0 aromatic heterocycles. The fourth-order valence-corrected chi connectivity index (χ4v) is 7.80. The number of sulfone groups is 1. The fourth-order valence-electron chi connectivity index (χ4n) is 5.42. The molecule has 2 aliphatic rings. The minimum atomic E-state index is -4.02. The van der Waals surface area contributed by atoms with Gasteiger partial charge in [-0.1, -0.05) is 18.5 Å². The lowest BCUT2D eigenvalue weighted by atomic mass is 9.74. The van der Waals surface area contributed by atoms with Gasteiger partial charge in [-0.3, -0.25) is 4.79 Å². The lowest BCUT2D eigenvalue weighted by molar-refractivity contribution is -0.0985. The van der Waals surface area contributed by atoms with E-state index >= 15 is 0 Å². The first-order valence-electron chi connectivity index (χ1n) is 10.7. The highest BCUT2D eigenvalue weighted by Gasteiger charge is 2.58. The van der Waals surface area contributed by atoms with Crippen molar-refractivity contribution in [3.63, 3.8) is 0 Å². The van der Waals surface area contributed by atoms with Gasteiger partial charge in [0.1, 0.15) is 0 Å². The van der Waals surface area contributed by atoms with Crippen molar-refractivity contribution in [1.29, 1.82) is 0 Å². The van der Waals surface area contributed by atoms with Crippen LogP contribution in [0.2, 0.25) is 5.02 Å². The Bertz CT molecular complexity index is 1230. The Labute approximate surface area is 199 Å². The van der Waals surface area contributed by atoms with Gasteiger partial charge < -0.3 is 15.5 Å². The Morgan fingerprint density at radius 3 is 2.38 bits per heavy atom. The summed E-state index contributed by atoms with van der Waals surface area (Å²) in [5, 5.41) is 21.9. The van der Waals surface area contributed by atoms with Gasteiger partial charge in [0.15, 0.2) is 27.3 Å². The number of benzene rings is 2. The third-order valence-corrected chi connectivity index (χ3v) is 9.85. The van der Waals surface area contributed by atoms with Gasteiger partial charge in [0.2, 0.25) is 0 Å². The van der Waals surface area contributed by atoms with Crippen molar-refractivity contribution in [1.82, 2.24) is 0 Å². The van der Waals surface area contributed by atoms with E-state index in [1.165, 1.54) is 12.1 Å². The third-order valence-electron chi connectivity index (χ3n) is 7.19. The van der Waals surface area contributed by atoms with Crippen LogP contribution in [0.4, 0.5) is 18.9 Å². The predicted molar refractivity (Wildman–Crippen MR) is 119 cm³/mol. The molecule has 4 rings (SSSR count). The quantitative estimate of drug-likeness (QED) is 0.521. The maximum Gasteiger partial charge on any atom is 0.255 e. The average molecular weight is 518 g/mol. The summed E-state index contributed by atoms with van der Waals surface area (Å²) in [5.41, 5.74) is -1.80. The first-order chi connectivity index (χ1) is 15.9. The van der Waals surface area contributed by atoms with Crippen LogP contribution in [-0.4, -0.2) is 42.0 Å². The largest absolute Gasteiger partial charge is 0.393 e. The van der Waals surface area contributed by atoms with Gasteiger partial charge in [0.05, 0.1) is 27.4 Å². The molecule has 0 spiro atoms. The summed E-state index contributed by atoms with van der Waals surface area (Å²) in [6.45, 7) is 1.47. The minimum absolute atomic E-state index is 0.0337. The summed E-state index contributed by atoms with van der Waals surface area (Å²) in [6.07, 6.45) is 0.869. The van der Waals surface area contributed by atoms with E-state index in [9.17, 15) is 36.6 Å². The number of hydrogen-bond donors (Lipinski definition) is 3. The van der Waals surface area contributed by atoms with E-state index in [1.54, 1.807) is 0 Å². The first-order valence-corrected chi connectivity index (χ1v) is 12.6. The van der Waals surface area contributed by atoms with Crippen LogP contribution >= 0.6 is 11.6 Å². The zero-order valence-electron chi connectivity index (χ0n) is 18.1. The Hall–Kier alpha value is -2.14. The molecule has 2 bridgehead atoms. The molecule has 0 aliphatic heterocycles. The molecule has 6 nitrogen and oxygen atoms in total. The number of carbonyl (C=O) groups excluding carboxylic acids is 1. The van der Waals surface area contributed by atoms with Crippen LogP contribution < -0.4 is 5.32 Å². The zero-order valence-corrected chi connectivity index (χ0v) is 19.6. The Morgan fingerprint density at radius 2 is 1.79 bits per heavy atom. The second-order valence-electron chi connectivity index (χ2n) is 9.16. The minimum Gasteiger partial charge on any atom is -0.393 e. The average Bonchev–Trinajstić information content (AvgIpc) is 2.90. The van der Waals surface area contributed by atoms with Crippen molar-refractivity contribution in [2.75, 3.05) is 11.9 Å². The Balaban J connectivity index is 1.61. The van der Waals surface area contributed by atoms with E-state index in [-0.39, 0.29) is 45.8 Å². The number of nitrogens with one attached hydrogen (secondary N) is 1. The second kappa shape index (κ2) is 8.82. The summed E-state index contributed by atoms with van der Waals surface area (Å²) in [6, 6.07) is 4.78. The lowest BCUT2D eigenvalue weighted by Crippen LogP contribution is -2.51. The summed E-state index contributed by atoms with van der Waals surface area (Å²) in [7, 11) is -4.02. The van der Waals surface area contributed by atoms with Crippen molar-refractivity contribution < 1.29 is 36.6 Å². The van der Waals surface area contributed by atoms with Gasteiger partial charge >= 0.3 is 0 Å². The number of anilines is 1. The summed E-state index contributed by atoms with van der Waals surface area (Å²) in [4.78, 5) is 12.3. The lowest BCUT2D eigenvalue weighted by Gasteiger charge is -2.41. The number of rotatable bonds is 5. The molecule has 34 heavy (non-hydrogen) atoms. The number of amides is 1. The highest BCUT2D eigenvalue weighted by atomic mass is 35.5. The van der Waals surface area contributed by atoms with Gasteiger partial charge in [0.25, 0.3) is 5.91 Å². The highest BCUT2D eigenvalue weighted by Crippen LogP contribution is 2.54. The molecule has 1 amide bonds. The van der Waals surface area contributed by atoms with Crippen molar-refractivity contribution in [3.8, 4) is 0 Å². The number of aliphatic hydroxyl groups is 2. The molecule has 2 saturated carbocycles. The first kappa shape index (κ1) is 25.0. The van der Waals surface area contributed by atoms with Crippen molar-refractivity contribution in [2.45, 2.75) is 41.9 Å². The molecule has 2 aromatic rings. The van der Waals surface area contributed by atoms with E-state index in [2.05, 4.69) is 5.32 Å². The molecule has 0 saturated heterocycles. The molecule has 2 aromatic carbocycles. The predicted octanol–water partition coefficient (Wildman–Crippen LogP) is 3.94. The van der Waals surface area contributed by atoms with Crippen molar-refractivity contribution in [2.24, 2.45) is 17.8 Å². The van der Waals surface area contributed by atoms with E-state index in [1.807, 2.05) is 6.92 Å².